The molecule has 0 fully saturated rings. The summed E-state index contributed by atoms with van der Waals surface area (Å²) in [4.78, 5) is 25.3. The number of amides is 1. The van der Waals surface area contributed by atoms with Gasteiger partial charge in [0, 0.05) is 17.4 Å². The molecule has 0 saturated heterocycles. The molecule has 2 aromatic carbocycles. The van der Waals surface area contributed by atoms with E-state index in [1.54, 1.807) is 6.92 Å². The van der Waals surface area contributed by atoms with Crippen LogP contribution < -0.4 is 10.1 Å². The molecule has 174 valence electrons. The molecule has 1 heterocycles. The summed E-state index contributed by atoms with van der Waals surface area (Å²) in [6, 6.07) is 11.9. The number of nitrogens with one attached hydrogen (secondary N) is 1. The van der Waals surface area contributed by atoms with E-state index in [2.05, 4.69) is 21.2 Å². The molecular formula is C26H28BrNO4S. The predicted molar refractivity (Wildman–Crippen MR) is 137 cm³/mol. The zero-order chi connectivity index (χ0) is 24.0. The molecule has 0 radical (unpaired) electrons. The lowest BCUT2D eigenvalue weighted by atomic mass is 9.99. The van der Waals surface area contributed by atoms with Crippen LogP contribution in [0.15, 0.2) is 46.3 Å². The highest BCUT2D eigenvalue weighted by molar-refractivity contribution is 9.10. The standard InChI is InChI=1S/C26H28BrNO4S/c1-5-31-26(30)24-20(19-10-9-17(3)18(4)14-19)15-33-25(24)28-23(29)7-6-12-32-22-11-8-16(2)13-21(22)27/h8-11,13-15H,5-7,12H2,1-4H3,(H,28,29). The van der Waals surface area contributed by atoms with Crippen molar-refractivity contribution in [2.24, 2.45) is 0 Å². The summed E-state index contributed by atoms with van der Waals surface area (Å²) in [6.07, 6.45) is 0.832. The smallest absolute Gasteiger partial charge is 0.341 e. The van der Waals surface area contributed by atoms with Crippen LogP contribution >= 0.6 is 27.3 Å². The Labute approximate surface area is 207 Å². The fourth-order valence-electron chi connectivity index (χ4n) is 3.30. The number of thiophene rings is 1. The van der Waals surface area contributed by atoms with E-state index < -0.39 is 5.97 Å². The number of aryl methyl sites for hydroxylation is 3. The second-order valence-electron chi connectivity index (χ2n) is 7.81. The minimum Gasteiger partial charge on any atom is -0.492 e. The van der Waals surface area contributed by atoms with Gasteiger partial charge in [0.05, 0.1) is 17.7 Å². The van der Waals surface area contributed by atoms with Gasteiger partial charge in [0.1, 0.15) is 16.3 Å². The van der Waals surface area contributed by atoms with E-state index in [-0.39, 0.29) is 18.9 Å². The van der Waals surface area contributed by atoms with Gasteiger partial charge in [-0.05, 0) is 84.4 Å². The number of anilines is 1. The van der Waals surface area contributed by atoms with Crippen LogP contribution in [0, 0.1) is 20.8 Å². The SMILES string of the molecule is CCOC(=O)c1c(-c2ccc(C)c(C)c2)csc1NC(=O)CCCOc1ccc(C)cc1Br. The summed E-state index contributed by atoms with van der Waals surface area (Å²) in [7, 11) is 0. The van der Waals surface area contributed by atoms with E-state index in [4.69, 9.17) is 9.47 Å². The molecule has 0 saturated carbocycles. The Morgan fingerprint density at radius 3 is 2.55 bits per heavy atom. The van der Waals surface area contributed by atoms with Crippen molar-refractivity contribution in [1.82, 2.24) is 0 Å². The first-order valence-corrected chi connectivity index (χ1v) is 12.5. The van der Waals surface area contributed by atoms with Gasteiger partial charge in [0.25, 0.3) is 0 Å². The second-order valence-corrected chi connectivity index (χ2v) is 9.54. The van der Waals surface area contributed by atoms with Crippen molar-refractivity contribution in [1.29, 1.82) is 0 Å². The lowest BCUT2D eigenvalue weighted by Crippen LogP contribution is -2.15. The van der Waals surface area contributed by atoms with Crippen LogP contribution in [0.2, 0.25) is 0 Å². The number of hydrogen-bond donors (Lipinski definition) is 1. The summed E-state index contributed by atoms with van der Waals surface area (Å²) in [5, 5.41) is 5.30. The summed E-state index contributed by atoms with van der Waals surface area (Å²) in [5.74, 6) is 0.150. The van der Waals surface area contributed by atoms with E-state index in [1.807, 2.05) is 62.5 Å². The van der Waals surface area contributed by atoms with Gasteiger partial charge in [-0.25, -0.2) is 4.79 Å². The summed E-state index contributed by atoms with van der Waals surface area (Å²) in [6.45, 7) is 8.55. The molecular weight excluding hydrogens is 502 g/mol. The van der Waals surface area contributed by atoms with Crippen LogP contribution in [0.4, 0.5) is 5.00 Å². The molecule has 1 N–H and O–H groups in total. The van der Waals surface area contributed by atoms with Crippen molar-refractivity contribution < 1.29 is 19.1 Å². The van der Waals surface area contributed by atoms with Crippen LogP contribution in [0.1, 0.15) is 46.8 Å². The maximum atomic E-state index is 12.7. The van der Waals surface area contributed by atoms with E-state index in [0.717, 1.165) is 32.5 Å². The first-order valence-electron chi connectivity index (χ1n) is 10.8. The third-order valence-corrected chi connectivity index (χ3v) is 6.75. The molecule has 0 unspecified atom stereocenters. The van der Waals surface area contributed by atoms with Gasteiger partial charge in [-0.3, -0.25) is 4.79 Å². The maximum absolute atomic E-state index is 12.7. The van der Waals surface area contributed by atoms with Crippen LogP contribution in [-0.2, 0) is 9.53 Å². The average molecular weight is 530 g/mol. The van der Waals surface area contributed by atoms with Gasteiger partial charge in [-0.1, -0.05) is 24.3 Å². The number of carbonyl (C=O) groups excluding carboxylic acids is 2. The van der Waals surface area contributed by atoms with Crippen molar-refractivity contribution in [3.05, 3.63) is 68.5 Å². The van der Waals surface area contributed by atoms with Crippen molar-refractivity contribution >= 4 is 44.1 Å². The highest BCUT2D eigenvalue weighted by Crippen LogP contribution is 2.37. The quantitative estimate of drug-likeness (QED) is 0.237. The van der Waals surface area contributed by atoms with Crippen molar-refractivity contribution in [3.63, 3.8) is 0 Å². The Kier molecular flexibility index (Phi) is 8.69. The molecule has 5 nitrogen and oxygen atoms in total. The Bertz CT molecular complexity index is 1160. The Morgan fingerprint density at radius 2 is 1.85 bits per heavy atom. The molecule has 33 heavy (non-hydrogen) atoms. The van der Waals surface area contributed by atoms with Gasteiger partial charge >= 0.3 is 5.97 Å². The van der Waals surface area contributed by atoms with E-state index >= 15 is 0 Å². The molecule has 3 aromatic rings. The molecule has 7 heteroatoms. The van der Waals surface area contributed by atoms with E-state index in [9.17, 15) is 9.59 Å². The number of esters is 1. The van der Waals surface area contributed by atoms with Crippen molar-refractivity contribution in [2.75, 3.05) is 18.5 Å². The highest BCUT2D eigenvalue weighted by atomic mass is 79.9. The fourth-order valence-corrected chi connectivity index (χ4v) is 4.89. The minimum atomic E-state index is -0.435. The number of benzene rings is 2. The lowest BCUT2D eigenvalue weighted by Gasteiger charge is -2.11. The Hall–Kier alpha value is -2.64. The summed E-state index contributed by atoms with van der Waals surface area (Å²) >= 11 is 4.82. The molecule has 0 bridgehead atoms. The molecule has 0 aliphatic carbocycles. The zero-order valence-corrected chi connectivity index (χ0v) is 21.7. The molecule has 0 aliphatic heterocycles. The molecule has 1 aromatic heterocycles. The predicted octanol–water partition coefficient (Wildman–Crippen LogP) is 7.08. The van der Waals surface area contributed by atoms with Crippen molar-refractivity contribution in [3.8, 4) is 16.9 Å². The van der Waals surface area contributed by atoms with Gasteiger partial charge in [0.15, 0.2) is 0 Å². The van der Waals surface area contributed by atoms with Gasteiger partial charge in [0.2, 0.25) is 5.91 Å². The number of hydrogen-bond acceptors (Lipinski definition) is 5. The van der Waals surface area contributed by atoms with Crippen LogP contribution in [0.3, 0.4) is 0 Å². The Balaban J connectivity index is 1.67. The second kappa shape index (κ2) is 11.5. The molecule has 0 aliphatic rings. The average Bonchev–Trinajstić information content (AvgIpc) is 3.18. The molecule has 3 rings (SSSR count). The Morgan fingerprint density at radius 1 is 1.06 bits per heavy atom. The minimum absolute atomic E-state index is 0.166. The third-order valence-electron chi connectivity index (χ3n) is 5.23. The van der Waals surface area contributed by atoms with E-state index in [0.29, 0.717) is 23.6 Å². The van der Waals surface area contributed by atoms with E-state index in [1.165, 1.54) is 16.9 Å². The summed E-state index contributed by atoms with van der Waals surface area (Å²) < 4.78 is 11.9. The largest absolute Gasteiger partial charge is 0.492 e. The van der Waals surface area contributed by atoms with Gasteiger partial charge in [-0.2, -0.15) is 0 Å². The van der Waals surface area contributed by atoms with Gasteiger partial charge < -0.3 is 14.8 Å². The highest BCUT2D eigenvalue weighted by Gasteiger charge is 2.23. The first-order chi connectivity index (χ1) is 15.8. The third kappa shape index (κ3) is 6.45. The van der Waals surface area contributed by atoms with Crippen LogP contribution in [0.25, 0.3) is 11.1 Å². The molecule has 0 atom stereocenters. The van der Waals surface area contributed by atoms with Gasteiger partial charge in [-0.15, -0.1) is 11.3 Å². The monoisotopic (exact) mass is 529 g/mol. The normalized spacial score (nSPS) is 10.7. The topological polar surface area (TPSA) is 64.6 Å². The molecule has 1 amide bonds. The van der Waals surface area contributed by atoms with Crippen LogP contribution in [0.5, 0.6) is 5.75 Å². The number of halogens is 1. The summed E-state index contributed by atoms with van der Waals surface area (Å²) in [5.41, 5.74) is 5.55. The number of carbonyl (C=O) groups is 2. The first kappa shape index (κ1) is 25.0. The fraction of sp³-hybridized carbons (Fsp3) is 0.308. The number of ether oxygens (including phenoxy) is 2. The lowest BCUT2D eigenvalue weighted by molar-refractivity contribution is -0.116. The van der Waals surface area contributed by atoms with Crippen LogP contribution in [-0.4, -0.2) is 25.1 Å². The maximum Gasteiger partial charge on any atom is 0.341 e. The zero-order valence-electron chi connectivity index (χ0n) is 19.3. The molecule has 0 spiro atoms. The van der Waals surface area contributed by atoms with Crippen molar-refractivity contribution in [2.45, 2.75) is 40.5 Å². The number of rotatable bonds is 9.